The molecule has 2 N–H and O–H groups in total. The van der Waals surface area contributed by atoms with Gasteiger partial charge in [0.1, 0.15) is 11.7 Å². The number of benzene rings is 1. The minimum absolute atomic E-state index is 0.222. The third-order valence-corrected chi connectivity index (χ3v) is 4.40. The summed E-state index contributed by atoms with van der Waals surface area (Å²) in [6, 6.07) is 5.17. The Morgan fingerprint density at radius 1 is 1.38 bits per heavy atom. The van der Waals surface area contributed by atoms with Crippen molar-refractivity contribution in [3.63, 3.8) is 0 Å². The van der Waals surface area contributed by atoms with Gasteiger partial charge >= 0.3 is 0 Å². The number of pyridine rings is 1. The highest BCUT2D eigenvalue weighted by Gasteiger charge is 2.21. The summed E-state index contributed by atoms with van der Waals surface area (Å²) in [5, 5.41) is 5.54. The zero-order valence-electron chi connectivity index (χ0n) is 12.8. The number of hydrogen-bond donors (Lipinski definition) is 1. The van der Waals surface area contributed by atoms with Crippen LogP contribution in [0, 0.1) is 5.82 Å². The molecule has 5 nitrogen and oxygen atoms in total. The van der Waals surface area contributed by atoms with E-state index in [9.17, 15) is 4.39 Å². The monoisotopic (exact) mass is 343 g/mol. The van der Waals surface area contributed by atoms with Gasteiger partial charge in [0.2, 0.25) is 0 Å². The number of rotatable bonds is 4. The molecule has 1 aromatic carbocycles. The van der Waals surface area contributed by atoms with Gasteiger partial charge in [0.05, 0.1) is 30.5 Å². The van der Waals surface area contributed by atoms with E-state index in [1.54, 1.807) is 29.3 Å². The second-order valence-corrected chi connectivity index (χ2v) is 6.31. The van der Waals surface area contributed by atoms with Crippen molar-refractivity contribution in [1.29, 1.82) is 0 Å². The van der Waals surface area contributed by atoms with Crippen LogP contribution in [0.5, 0.6) is 0 Å². The van der Waals surface area contributed by atoms with Gasteiger partial charge in [-0.25, -0.2) is 4.39 Å². The molecule has 0 aliphatic heterocycles. The van der Waals surface area contributed by atoms with Crippen LogP contribution in [0.3, 0.4) is 0 Å². The first kappa shape index (κ1) is 15.1. The van der Waals surface area contributed by atoms with Gasteiger partial charge < -0.3 is 5.73 Å². The lowest BCUT2D eigenvalue weighted by Crippen LogP contribution is -2.15. The average Bonchev–Trinajstić information content (AvgIpc) is 3.29. The van der Waals surface area contributed by atoms with Gasteiger partial charge in [-0.2, -0.15) is 5.10 Å². The second kappa shape index (κ2) is 5.87. The van der Waals surface area contributed by atoms with E-state index in [4.69, 9.17) is 17.3 Å². The molecule has 2 heterocycles. The maximum absolute atomic E-state index is 14.6. The molecular formula is C17H15ClFN5. The van der Waals surface area contributed by atoms with Crippen LogP contribution in [0.4, 0.5) is 4.39 Å². The predicted molar refractivity (Wildman–Crippen MR) is 91.8 cm³/mol. The molecule has 0 spiro atoms. The van der Waals surface area contributed by atoms with E-state index in [-0.39, 0.29) is 12.6 Å². The Morgan fingerprint density at radius 2 is 2.21 bits per heavy atom. The van der Waals surface area contributed by atoms with E-state index in [2.05, 4.69) is 15.1 Å². The molecule has 0 atom stereocenters. The van der Waals surface area contributed by atoms with Gasteiger partial charge in [0.25, 0.3) is 0 Å². The first-order valence-corrected chi connectivity index (χ1v) is 8.06. The summed E-state index contributed by atoms with van der Waals surface area (Å²) < 4.78 is 16.2. The van der Waals surface area contributed by atoms with Crippen molar-refractivity contribution < 1.29 is 4.39 Å². The van der Waals surface area contributed by atoms with E-state index in [0.29, 0.717) is 22.0 Å². The topological polar surface area (TPSA) is 69.1 Å². The van der Waals surface area contributed by atoms with E-state index in [1.165, 1.54) is 6.07 Å². The largest absolute Gasteiger partial charge is 0.383 e. The van der Waals surface area contributed by atoms with E-state index >= 15 is 0 Å². The molecule has 1 saturated carbocycles. The van der Waals surface area contributed by atoms with Gasteiger partial charge in [-0.05, 0) is 31.0 Å². The SMILES string of the molecule is NC(=NC1CC1)c1cc(F)c(Cn2ncc3ccncc32)c(Cl)c1. The van der Waals surface area contributed by atoms with Gasteiger partial charge in [-0.3, -0.25) is 14.7 Å². The van der Waals surface area contributed by atoms with Crippen molar-refractivity contribution in [2.45, 2.75) is 25.4 Å². The summed E-state index contributed by atoms with van der Waals surface area (Å²) in [4.78, 5) is 8.41. The molecule has 2 aromatic heterocycles. The molecule has 0 saturated heterocycles. The molecule has 1 fully saturated rings. The Labute approximate surface area is 143 Å². The van der Waals surface area contributed by atoms with Crippen molar-refractivity contribution in [3.8, 4) is 0 Å². The van der Waals surface area contributed by atoms with E-state index in [0.717, 1.165) is 23.7 Å². The van der Waals surface area contributed by atoms with Gasteiger partial charge in [0.15, 0.2) is 0 Å². The fraction of sp³-hybridized carbons (Fsp3) is 0.235. The highest BCUT2D eigenvalue weighted by atomic mass is 35.5. The van der Waals surface area contributed by atoms with Gasteiger partial charge in [-0.15, -0.1) is 0 Å². The third-order valence-electron chi connectivity index (χ3n) is 4.06. The van der Waals surface area contributed by atoms with Crippen LogP contribution in [0.25, 0.3) is 10.9 Å². The van der Waals surface area contributed by atoms with E-state index in [1.807, 2.05) is 6.07 Å². The molecular weight excluding hydrogens is 329 g/mol. The number of fused-ring (bicyclic) bond motifs is 1. The zero-order valence-corrected chi connectivity index (χ0v) is 13.5. The summed E-state index contributed by atoms with van der Waals surface area (Å²) in [5.41, 5.74) is 7.64. The lowest BCUT2D eigenvalue weighted by Gasteiger charge is -2.10. The minimum atomic E-state index is -0.418. The Bertz CT molecular complexity index is 922. The van der Waals surface area contributed by atoms with E-state index < -0.39 is 5.82 Å². The molecule has 1 aliphatic carbocycles. The van der Waals surface area contributed by atoms with Crippen molar-refractivity contribution in [2.24, 2.45) is 10.7 Å². The highest BCUT2D eigenvalue weighted by Crippen LogP contribution is 2.26. The van der Waals surface area contributed by atoms with Crippen LogP contribution in [0.2, 0.25) is 5.02 Å². The summed E-state index contributed by atoms with van der Waals surface area (Å²) in [6.07, 6.45) is 7.18. The van der Waals surface area contributed by atoms with Crippen molar-refractivity contribution in [2.75, 3.05) is 0 Å². The fourth-order valence-electron chi connectivity index (χ4n) is 2.57. The Morgan fingerprint density at radius 3 is 2.96 bits per heavy atom. The number of halogens is 2. The smallest absolute Gasteiger partial charge is 0.130 e. The Kier molecular flexibility index (Phi) is 3.69. The summed E-state index contributed by atoms with van der Waals surface area (Å²) in [5.74, 6) is -0.0856. The number of aliphatic imine (C=N–C) groups is 1. The molecule has 4 rings (SSSR count). The number of nitrogens with two attached hydrogens (primary N) is 1. The standard InChI is InChI=1S/C17H15ClFN5/c18-14-5-11(17(20)23-12-1-2-12)6-15(19)13(14)9-24-16-8-21-4-3-10(16)7-22-24/h3-8,12H,1-2,9H2,(H2,20,23). The highest BCUT2D eigenvalue weighted by molar-refractivity contribution is 6.31. The number of aromatic nitrogens is 3. The van der Waals surface area contributed by atoms with Crippen molar-refractivity contribution in [3.05, 3.63) is 58.8 Å². The fourth-order valence-corrected chi connectivity index (χ4v) is 2.84. The van der Waals surface area contributed by atoms with Crippen LogP contribution in [0.15, 0.2) is 41.8 Å². The molecule has 7 heteroatoms. The van der Waals surface area contributed by atoms with Crippen LogP contribution >= 0.6 is 11.6 Å². The van der Waals surface area contributed by atoms with Crippen molar-refractivity contribution >= 4 is 28.3 Å². The predicted octanol–water partition coefficient (Wildman–Crippen LogP) is 3.14. The van der Waals surface area contributed by atoms with Crippen molar-refractivity contribution in [1.82, 2.24) is 14.8 Å². The minimum Gasteiger partial charge on any atom is -0.383 e. The Hall–Kier alpha value is -2.47. The first-order valence-electron chi connectivity index (χ1n) is 7.69. The lowest BCUT2D eigenvalue weighted by atomic mass is 10.1. The quantitative estimate of drug-likeness (QED) is 0.584. The van der Waals surface area contributed by atoms with Crippen LogP contribution in [-0.2, 0) is 6.54 Å². The molecule has 1 aliphatic rings. The van der Waals surface area contributed by atoms with Crippen LogP contribution < -0.4 is 5.73 Å². The second-order valence-electron chi connectivity index (χ2n) is 5.90. The maximum atomic E-state index is 14.6. The maximum Gasteiger partial charge on any atom is 0.130 e. The lowest BCUT2D eigenvalue weighted by molar-refractivity contribution is 0.590. The summed E-state index contributed by atoms with van der Waals surface area (Å²) in [6.45, 7) is 0.222. The molecule has 0 amide bonds. The molecule has 24 heavy (non-hydrogen) atoms. The molecule has 0 bridgehead atoms. The first-order chi connectivity index (χ1) is 11.6. The van der Waals surface area contributed by atoms with Crippen LogP contribution in [-0.4, -0.2) is 26.6 Å². The Balaban J connectivity index is 1.68. The third kappa shape index (κ3) is 2.85. The molecule has 122 valence electrons. The number of amidine groups is 1. The molecule has 0 unspecified atom stereocenters. The molecule has 3 aromatic rings. The normalized spacial score (nSPS) is 15.2. The summed E-state index contributed by atoms with van der Waals surface area (Å²) >= 11 is 6.29. The zero-order chi connectivity index (χ0) is 16.7. The van der Waals surface area contributed by atoms with Crippen LogP contribution in [0.1, 0.15) is 24.0 Å². The molecule has 0 radical (unpaired) electrons. The number of nitrogens with zero attached hydrogens (tertiary/aromatic N) is 4. The van der Waals surface area contributed by atoms with Gasteiger partial charge in [-0.1, -0.05) is 11.6 Å². The van der Waals surface area contributed by atoms with Gasteiger partial charge in [0, 0.05) is 27.7 Å². The number of hydrogen-bond acceptors (Lipinski definition) is 3. The summed E-state index contributed by atoms with van der Waals surface area (Å²) in [7, 11) is 0. The average molecular weight is 344 g/mol.